The van der Waals surface area contributed by atoms with Crippen LogP contribution in [0.3, 0.4) is 0 Å². The fraction of sp³-hybridized carbons (Fsp3) is 0.947. The second-order valence-electron chi connectivity index (χ2n) is 6.98. The molecule has 0 bridgehead atoms. The van der Waals surface area contributed by atoms with E-state index in [1.54, 1.807) is 6.92 Å². The summed E-state index contributed by atoms with van der Waals surface area (Å²) in [6.45, 7) is 7.03. The summed E-state index contributed by atoms with van der Waals surface area (Å²) >= 11 is 0. The molecule has 162 valence electrons. The summed E-state index contributed by atoms with van der Waals surface area (Å²) in [4.78, 5) is 11.8. The smallest absolute Gasteiger partial charge is 0.748 e. The molecule has 7 nitrogen and oxygen atoms in total. The second kappa shape index (κ2) is 18.1. The minimum absolute atomic E-state index is 0. The van der Waals surface area contributed by atoms with Gasteiger partial charge in [-0.25, -0.2) is 8.42 Å². The third-order valence-electron chi connectivity index (χ3n) is 4.08. The van der Waals surface area contributed by atoms with Crippen LogP contribution < -0.4 is 29.6 Å². The quantitative estimate of drug-likeness (QED) is 0.104. The van der Waals surface area contributed by atoms with E-state index in [1.807, 2.05) is 0 Å². The molecule has 0 rings (SSSR count). The monoisotopic (exact) mass is 432 g/mol. The Morgan fingerprint density at radius 3 is 1.82 bits per heavy atom. The van der Waals surface area contributed by atoms with Crippen molar-refractivity contribution in [3.63, 3.8) is 0 Å². The predicted octanol–water partition coefficient (Wildman–Crippen LogP) is 0.769. The standard InChI is InChI=1S/C19H38O7S.Na/c1-4-6-8-10-14-25-19(3,26-15-11-9-7-5-2)17-24-18(20)13-12-16-27(21,22)23;/h4-17H2,1-3H3,(H,21,22,23);/q;+1/p-1. The number of rotatable bonds is 18. The fourth-order valence-electron chi connectivity index (χ4n) is 2.44. The van der Waals surface area contributed by atoms with Crippen LogP contribution in [0.5, 0.6) is 0 Å². The van der Waals surface area contributed by atoms with E-state index in [0.29, 0.717) is 13.2 Å². The van der Waals surface area contributed by atoms with Crippen LogP contribution in [0.4, 0.5) is 0 Å². The van der Waals surface area contributed by atoms with Gasteiger partial charge in [0.25, 0.3) is 0 Å². The van der Waals surface area contributed by atoms with Gasteiger partial charge in [-0.15, -0.1) is 0 Å². The zero-order valence-corrected chi connectivity index (χ0v) is 21.0. The van der Waals surface area contributed by atoms with Gasteiger partial charge in [-0.3, -0.25) is 4.79 Å². The van der Waals surface area contributed by atoms with Crippen LogP contribution >= 0.6 is 0 Å². The van der Waals surface area contributed by atoms with Crippen molar-refractivity contribution in [1.29, 1.82) is 0 Å². The van der Waals surface area contributed by atoms with Gasteiger partial charge in [0.1, 0.15) is 6.61 Å². The van der Waals surface area contributed by atoms with Gasteiger partial charge in [0.15, 0.2) is 5.79 Å². The van der Waals surface area contributed by atoms with E-state index in [-0.39, 0.29) is 49.0 Å². The van der Waals surface area contributed by atoms with E-state index in [0.717, 1.165) is 51.4 Å². The Kier molecular flexibility index (Phi) is 19.7. The molecule has 0 aliphatic rings. The maximum absolute atomic E-state index is 11.8. The minimum Gasteiger partial charge on any atom is -0.748 e. The van der Waals surface area contributed by atoms with Crippen LogP contribution in [0.1, 0.15) is 85.0 Å². The van der Waals surface area contributed by atoms with Gasteiger partial charge in [-0.1, -0.05) is 52.4 Å². The van der Waals surface area contributed by atoms with Gasteiger partial charge in [0.05, 0.1) is 23.3 Å². The molecule has 0 saturated carbocycles. The van der Waals surface area contributed by atoms with Crippen LogP contribution in [-0.4, -0.2) is 50.3 Å². The number of ether oxygens (including phenoxy) is 3. The van der Waals surface area contributed by atoms with E-state index in [2.05, 4.69) is 13.8 Å². The van der Waals surface area contributed by atoms with Crippen molar-refractivity contribution in [3.8, 4) is 0 Å². The topological polar surface area (TPSA) is 102 Å². The molecule has 0 saturated heterocycles. The van der Waals surface area contributed by atoms with Crippen LogP contribution in [0, 0.1) is 0 Å². The van der Waals surface area contributed by atoms with Crippen molar-refractivity contribution < 1.29 is 61.5 Å². The van der Waals surface area contributed by atoms with Gasteiger partial charge in [-0.2, -0.15) is 0 Å². The Labute approximate surface area is 193 Å². The van der Waals surface area contributed by atoms with Crippen molar-refractivity contribution >= 4 is 16.1 Å². The van der Waals surface area contributed by atoms with E-state index < -0.39 is 27.6 Å². The number of carbonyl (C=O) groups excluding carboxylic acids is 1. The molecular weight excluding hydrogens is 395 g/mol. The number of hydrogen-bond acceptors (Lipinski definition) is 7. The number of unbranched alkanes of at least 4 members (excludes halogenated alkanes) is 6. The molecule has 0 heterocycles. The fourth-order valence-corrected chi connectivity index (χ4v) is 2.93. The molecule has 0 N–H and O–H groups in total. The largest absolute Gasteiger partial charge is 1.00 e. The first kappa shape index (κ1) is 30.5. The maximum Gasteiger partial charge on any atom is 1.00 e. The molecule has 0 radical (unpaired) electrons. The van der Waals surface area contributed by atoms with E-state index >= 15 is 0 Å². The Bertz CT molecular complexity index is 469. The first-order valence-corrected chi connectivity index (χ1v) is 11.7. The van der Waals surface area contributed by atoms with Gasteiger partial charge >= 0.3 is 35.5 Å². The first-order valence-electron chi connectivity index (χ1n) is 10.1. The third-order valence-corrected chi connectivity index (χ3v) is 4.87. The van der Waals surface area contributed by atoms with E-state index in [1.165, 1.54) is 0 Å². The van der Waals surface area contributed by atoms with E-state index in [9.17, 15) is 17.8 Å². The molecule has 9 heteroatoms. The molecule has 0 spiro atoms. The van der Waals surface area contributed by atoms with Gasteiger partial charge < -0.3 is 18.8 Å². The Morgan fingerprint density at radius 1 is 0.893 bits per heavy atom. The Morgan fingerprint density at radius 2 is 1.39 bits per heavy atom. The van der Waals surface area contributed by atoms with Crippen molar-refractivity contribution in [1.82, 2.24) is 0 Å². The molecule has 0 atom stereocenters. The average molecular weight is 433 g/mol. The Hall–Kier alpha value is 0.300. The average Bonchev–Trinajstić information content (AvgIpc) is 2.59. The van der Waals surface area contributed by atoms with Gasteiger partial charge in [0.2, 0.25) is 0 Å². The second-order valence-corrected chi connectivity index (χ2v) is 8.50. The van der Waals surface area contributed by atoms with Crippen molar-refractivity contribution in [2.45, 2.75) is 90.8 Å². The Balaban J connectivity index is 0. The summed E-state index contributed by atoms with van der Waals surface area (Å²) in [5.41, 5.74) is 0. The molecule has 0 fully saturated rings. The van der Waals surface area contributed by atoms with Crippen molar-refractivity contribution in [2.24, 2.45) is 0 Å². The molecule has 0 unspecified atom stereocenters. The molecule has 0 aliphatic carbocycles. The summed E-state index contributed by atoms with van der Waals surface area (Å²) < 4.78 is 48.6. The zero-order valence-electron chi connectivity index (χ0n) is 18.2. The van der Waals surface area contributed by atoms with Crippen molar-refractivity contribution in [2.75, 3.05) is 25.6 Å². The first-order chi connectivity index (χ1) is 12.7. The number of carbonyl (C=O) groups is 1. The zero-order chi connectivity index (χ0) is 20.6. The minimum atomic E-state index is -4.31. The third kappa shape index (κ3) is 19.6. The normalized spacial score (nSPS) is 11.9. The predicted molar refractivity (Wildman–Crippen MR) is 103 cm³/mol. The van der Waals surface area contributed by atoms with E-state index in [4.69, 9.17) is 14.2 Å². The van der Waals surface area contributed by atoms with Gasteiger partial charge in [0, 0.05) is 12.2 Å². The summed E-state index contributed by atoms with van der Waals surface area (Å²) in [5, 5.41) is 0. The molecular formula is C19H37NaO7S. The molecule has 0 aliphatic heterocycles. The summed E-state index contributed by atoms with van der Waals surface area (Å²) in [6.07, 6.45) is 8.39. The van der Waals surface area contributed by atoms with Gasteiger partial charge in [-0.05, 0) is 26.2 Å². The molecule has 0 amide bonds. The molecule has 0 aromatic heterocycles. The molecule has 28 heavy (non-hydrogen) atoms. The van der Waals surface area contributed by atoms with Crippen LogP contribution in [0.15, 0.2) is 0 Å². The van der Waals surface area contributed by atoms with Crippen LogP contribution in [0.25, 0.3) is 0 Å². The maximum atomic E-state index is 11.8. The summed E-state index contributed by atoms with van der Waals surface area (Å²) in [7, 11) is -4.31. The SMILES string of the molecule is CCCCCCOC(C)(COC(=O)CCCS(=O)(=O)[O-])OCCCCCC.[Na+]. The number of hydrogen-bond donors (Lipinski definition) is 0. The summed E-state index contributed by atoms with van der Waals surface area (Å²) in [5.74, 6) is -2.14. The number of esters is 1. The molecule has 0 aromatic rings. The van der Waals surface area contributed by atoms with Crippen molar-refractivity contribution in [3.05, 3.63) is 0 Å². The summed E-state index contributed by atoms with van der Waals surface area (Å²) in [6, 6.07) is 0. The molecule has 0 aromatic carbocycles. The van der Waals surface area contributed by atoms with Crippen LogP contribution in [0.2, 0.25) is 0 Å². The van der Waals surface area contributed by atoms with Crippen LogP contribution in [-0.2, 0) is 29.1 Å².